The van der Waals surface area contributed by atoms with Crippen LogP contribution >= 0.6 is 0 Å². The van der Waals surface area contributed by atoms with Gasteiger partial charge in [-0.25, -0.2) is 22.0 Å². The number of imide groups is 1. The summed E-state index contributed by atoms with van der Waals surface area (Å²) in [5.74, 6) is -11.1. The molecule has 0 unspecified atom stereocenters. The SMILES string of the molecule is CC(=O)N1CC(Nc2cnn(Cc3c(F)c(F)c(F)c(F)c3F)c2)=CC1=O. The summed E-state index contributed by atoms with van der Waals surface area (Å²) >= 11 is 0. The number of nitrogens with zero attached hydrogens (tertiary/aromatic N) is 3. The molecular formula is C16H11F5N4O2. The summed E-state index contributed by atoms with van der Waals surface area (Å²) < 4.78 is 68.0. The minimum atomic E-state index is -2.23. The van der Waals surface area contributed by atoms with Crippen molar-refractivity contribution in [2.45, 2.75) is 13.5 Å². The summed E-state index contributed by atoms with van der Waals surface area (Å²) in [6.45, 7) is 0.540. The van der Waals surface area contributed by atoms with Crippen LogP contribution in [-0.4, -0.2) is 33.0 Å². The molecule has 2 amide bonds. The lowest BCUT2D eigenvalue weighted by molar-refractivity contribution is -0.138. The molecule has 0 saturated carbocycles. The average molecular weight is 386 g/mol. The van der Waals surface area contributed by atoms with Crippen LogP contribution in [0.3, 0.4) is 0 Å². The molecule has 2 heterocycles. The van der Waals surface area contributed by atoms with Crippen molar-refractivity contribution in [1.82, 2.24) is 14.7 Å². The fraction of sp³-hybridized carbons (Fsp3) is 0.188. The summed E-state index contributed by atoms with van der Waals surface area (Å²) in [5, 5.41) is 6.57. The quantitative estimate of drug-likeness (QED) is 0.498. The van der Waals surface area contributed by atoms with E-state index < -0.39 is 53.0 Å². The van der Waals surface area contributed by atoms with Gasteiger partial charge >= 0.3 is 0 Å². The first-order valence-corrected chi connectivity index (χ1v) is 7.51. The molecule has 27 heavy (non-hydrogen) atoms. The molecule has 0 bridgehead atoms. The van der Waals surface area contributed by atoms with Gasteiger partial charge in [-0.2, -0.15) is 5.10 Å². The third kappa shape index (κ3) is 3.39. The van der Waals surface area contributed by atoms with Gasteiger partial charge in [0.15, 0.2) is 23.3 Å². The van der Waals surface area contributed by atoms with E-state index in [4.69, 9.17) is 0 Å². The van der Waals surface area contributed by atoms with Gasteiger partial charge in [-0.05, 0) is 0 Å². The molecule has 1 aliphatic rings. The Kier molecular flexibility index (Phi) is 4.68. The lowest BCUT2D eigenvalue weighted by atomic mass is 10.1. The molecular weight excluding hydrogens is 375 g/mol. The third-order valence-corrected chi connectivity index (χ3v) is 3.83. The number of carbonyl (C=O) groups excluding carboxylic acids is 2. The Morgan fingerprint density at radius 3 is 2.26 bits per heavy atom. The van der Waals surface area contributed by atoms with E-state index in [0.29, 0.717) is 11.4 Å². The van der Waals surface area contributed by atoms with Crippen molar-refractivity contribution >= 4 is 17.5 Å². The lowest BCUT2D eigenvalue weighted by Gasteiger charge is -2.11. The fourth-order valence-corrected chi connectivity index (χ4v) is 2.51. The Hall–Kier alpha value is -3.24. The van der Waals surface area contributed by atoms with E-state index >= 15 is 0 Å². The van der Waals surface area contributed by atoms with Gasteiger partial charge in [-0.15, -0.1) is 0 Å². The first-order chi connectivity index (χ1) is 12.7. The van der Waals surface area contributed by atoms with Crippen molar-refractivity contribution in [1.29, 1.82) is 0 Å². The molecule has 6 nitrogen and oxygen atoms in total. The minimum Gasteiger partial charge on any atom is -0.355 e. The fourth-order valence-electron chi connectivity index (χ4n) is 2.51. The van der Waals surface area contributed by atoms with Crippen LogP contribution in [0.5, 0.6) is 0 Å². The number of amides is 2. The van der Waals surface area contributed by atoms with Crippen LogP contribution < -0.4 is 5.32 Å². The first-order valence-electron chi connectivity index (χ1n) is 7.51. The second kappa shape index (κ2) is 6.82. The van der Waals surface area contributed by atoms with Gasteiger partial charge in [0, 0.05) is 24.9 Å². The number of carbonyl (C=O) groups is 2. The zero-order valence-corrected chi connectivity index (χ0v) is 13.7. The zero-order valence-electron chi connectivity index (χ0n) is 13.7. The summed E-state index contributed by atoms with van der Waals surface area (Å²) in [4.78, 5) is 23.9. The number of hydrogen-bond donors (Lipinski definition) is 1. The molecule has 2 aromatic rings. The summed E-state index contributed by atoms with van der Waals surface area (Å²) in [6.07, 6.45) is 3.68. The topological polar surface area (TPSA) is 67.2 Å². The highest BCUT2D eigenvalue weighted by Crippen LogP contribution is 2.24. The monoisotopic (exact) mass is 386 g/mol. The van der Waals surface area contributed by atoms with Crippen LogP contribution in [0.1, 0.15) is 12.5 Å². The highest BCUT2D eigenvalue weighted by molar-refractivity contribution is 6.03. The predicted octanol–water partition coefficient (Wildman–Crippen LogP) is 2.31. The normalized spacial score (nSPS) is 13.9. The molecule has 1 N–H and O–H groups in total. The van der Waals surface area contributed by atoms with E-state index in [9.17, 15) is 31.5 Å². The molecule has 0 saturated heterocycles. The molecule has 1 aromatic carbocycles. The first kappa shape index (κ1) is 18.5. The number of benzene rings is 1. The standard InChI is InChI=1S/C16H11F5N4O2/c1-7(26)25-5-8(2-11(25)27)23-9-3-22-24(4-9)6-10-12(17)14(19)16(21)15(20)13(10)18/h2-4,23H,5-6H2,1H3. The van der Waals surface area contributed by atoms with E-state index in [2.05, 4.69) is 10.4 Å². The molecule has 0 aliphatic carbocycles. The van der Waals surface area contributed by atoms with Crippen molar-refractivity contribution < 1.29 is 31.5 Å². The summed E-state index contributed by atoms with van der Waals surface area (Å²) in [5.41, 5.74) is -0.353. The van der Waals surface area contributed by atoms with Crippen molar-refractivity contribution in [2.24, 2.45) is 0 Å². The summed E-state index contributed by atoms with van der Waals surface area (Å²) in [7, 11) is 0. The molecule has 3 rings (SSSR count). The van der Waals surface area contributed by atoms with Crippen LogP contribution in [-0.2, 0) is 16.1 Å². The largest absolute Gasteiger partial charge is 0.355 e. The number of halogens is 5. The number of nitrogens with one attached hydrogen (secondary N) is 1. The molecule has 1 aromatic heterocycles. The molecule has 0 atom stereocenters. The van der Waals surface area contributed by atoms with E-state index in [1.165, 1.54) is 25.4 Å². The van der Waals surface area contributed by atoms with Gasteiger partial charge in [-0.1, -0.05) is 0 Å². The number of hydrogen-bond acceptors (Lipinski definition) is 4. The molecule has 0 spiro atoms. The highest BCUT2D eigenvalue weighted by Gasteiger charge is 2.27. The van der Waals surface area contributed by atoms with Crippen LogP contribution in [0.25, 0.3) is 0 Å². The van der Waals surface area contributed by atoms with Gasteiger partial charge in [0.1, 0.15) is 0 Å². The number of aromatic nitrogens is 2. The maximum atomic E-state index is 13.7. The Balaban J connectivity index is 1.78. The Bertz CT molecular complexity index is 956. The number of anilines is 1. The van der Waals surface area contributed by atoms with Crippen molar-refractivity contribution in [3.05, 3.63) is 58.8 Å². The smallest absolute Gasteiger partial charge is 0.255 e. The number of rotatable bonds is 4. The van der Waals surface area contributed by atoms with Gasteiger partial charge in [0.05, 0.1) is 30.5 Å². The highest BCUT2D eigenvalue weighted by atomic mass is 19.2. The lowest BCUT2D eigenvalue weighted by Crippen LogP contribution is -2.31. The molecule has 11 heteroatoms. The van der Waals surface area contributed by atoms with E-state index in [0.717, 1.165) is 9.58 Å². The Morgan fingerprint density at radius 1 is 1.11 bits per heavy atom. The summed E-state index contributed by atoms with van der Waals surface area (Å²) in [6, 6.07) is 0. The van der Waals surface area contributed by atoms with Gasteiger partial charge < -0.3 is 5.32 Å². The van der Waals surface area contributed by atoms with Crippen molar-refractivity contribution in [2.75, 3.05) is 11.9 Å². The third-order valence-electron chi connectivity index (χ3n) is 3.83. The van der Waals surface area contributed by atoms with Crippen LogP contribution in [0.2, 0.25) is 0 Å². The van der Waals surface area contributed by atoms with Gasteiger partial charge in [0.2, 0.25) is 11.7 Å². The van der Waals surface area contributed by atoms with E-state index in [-0.39, 0.29) is 6.54 Å². The van der Waals surface area contributed by atoms with E-state index in [1.54, 1.807) is 0 Å². The van der Waals surface area contributed by atoms with Crippen LogP contribution in [0.4, 0.5) is 27.6 Å². The maximum Gasteiger partial charge on any atom is 0.255 e. The zero-order chi connectivity index (χ0) is 19.9. The minimum absolute atomic E-state index is 0.0109. The Morgan fingerprint density at radius 2 is 1.70 bits per heavy atom. The predicted molar refractivity (Wildman–Crippen MR) is 81.7 cm³/mol. The van der Waals surface area contributed by atoms with Crippen molar-refractivity contribution in [3.8, 4) is 0 Å². The maximum absolute atomic E-state index is 13.7. The molecule has 142 valence electrons. The van der Waals surface area contributed by atoms with Crippen LogP contribution in [0, 0.1) is 29.1 Å². The molecule has 0 fully saturated rings. The molecule has 0 radical (unpaired) electrons. The van der Waals surface area contributed by atoms with E-state index in [1.807, 2.05) is 0 Å². The average Bonchev–Trinajstić information content (AvgIpc) is 3.21. The van der Waals surface area contributed by atoms with Gasteiger partial charge in [0.25, 0.3) is 5.91 Å². The second-order valence-corrected chi connectivity index (χ2v) is 5.71. The molecule has 1 aliphatic heterocycles. The van der Waals surface area contributed by atoms with Crippen molar-refractivity contribution in [3.63, 3.8) is 0 Å². The Labute approximate surface area is 148 Å². The second-order valence-electron chi connectivity index (χ2n) is 5.71. The van der Waals surface area contributed by atoms with Crippen LogP contribution in [0.15, 0.2) is 24.2 Å². The van der Waals surface area contributed by atoms with Gasteiger partial charge in [-0.3, -0.25) is 19.2 Å².